The molecule has 0 atom stereocenters. The zero-order valence-electron chi connectivity index (χ0n) is 9.64. The molecular formula is C13H11NO3S. The molecule has 0 saturated heterocycles. The summed E-state index contributed by atoms with van der Waals surface area (Å²) >= 11 is 0. The topological polar surface area (TPSA) is 70.2 Å². The van der Waals surface area contributed by atoms with Crippen LogP contribution in [0.5, 0.6) is 5.75 Å². The number of aromatic nitrogens is 1. The van der Waals surface area contributed by atoms with Gasteiger partial charge >= 0.3 is 0 Å². The average molecular weight is 261 g/mol. The third kappa shape index (κ3) is 1.55. The molecule has 0 aliphatic heterocycles. The lowest BCUT2D eigenvalue weighted by Gasteiger charge is -2.02. The first kappa shape index (κ1) is 11.1. The summed E-state index contributed by atoms with van der Waals surface area (Å²) in [6.07, 6.45) is 1.09. The first-order chi connectivity index (χ1) is 8.47. The first-order valence-electron chi connectivity index (χ1n) is 5.40. The number of rotatable bonds is 1. The molecule has 3 aromatic rings. The van der Waals surface area contributed by atoms with Gasteiger partial charge in [0, 0.05) is 28.6 Å². The zero-order valence-corrected chi connectivity index (χ0v) is 10.5. The number of benzene rings is 2. The summed E-state index contributed by atoms with van der Waals surface area (Å²) in [5.74, 6) is -0.225. The lowest BCUT2D eigenvalue weighted by molar-refractivity contribution is 0.460. The summed E-state index contributed by atoms with van der Waals surface area (Å²) < 4.78 is 23.2. The predicted octanol–water partition coefficient (Wildman–Crippen LogP) is 2.43. The summed E-state index contributed by atoms with van der Waals surface area (Å²) in [5, 5.41) is 11.5. The molecule has 4 nitrogen and oxygen atoms in total. The largest absolute Gasteiger partial charge is 0.507 e. The molecule has 0 aliphatic rings. The molecule has 2 aromatic carbocycles. The minimum Gasteiger partial charge on any atom is -0.507 e. The Hall–Kier alpha value is -2.01. The van der Waals surface area contributed by atoms with Crippen LogP contribution in [0.3, 0.4) is 0 Å². The Balaban J connectivity index is 2.50. The van der Waals surface area contributed by atoms with Crippen molar-refractivity contribution in [3.63, 3.8) is 0 Å². The molecule has 92 valence electrons. The Morgan fingerprint density at radius 2 is 1.78 bits per heavy atom. The number of nitrogens with one attached hydrogen (secondary N) is 1. The van der Waals surface area contributed by atoms with Gasteiger partial charge in [-0.2, -0.15) is 0 Å². The van der Waals surface area contributed by atoms with E-state index in [1.165, 1.54) is 12.1 Å². The van der Waals surface area contributed by atoms with Crippen LogP contribution in [0, 0.1) is 0 Å². The van der Waals surface area contributed by atoms with Crippen molar-refractivity contribution < 1.29 is 13.5 Å². The number of phenolic OH excluding ortho intramolecular Hbond substituents is 1. The van der Waals surface area contributed by atoms with Crippen LogP contribution in [-0.4, -0.2) is 24.8 Å². The highest BCUT2D eigenvalue weighted by Gasteiger charge is 2.16. The van der Waals surface area contributed by atoms with E-state index in [2.05, 4.69) is 4.98 Å². The first-order valence-corrected chi connectivity index (χ1v) is 7.29. The van der Waals surface area contributed by atoms with Crippen molar-refractivity contribution in [1.82, 2.24) is 4.98 Å². The fourth-order valence-corrected chi connectivity index (χ4v) is 2.93. The van der Waals surface area contributed by atoms with Gasteiger partial charge in [-0.25, -0.2) is 8.42 Å². The molecule has 0 unspecified atom stereocenters. The van der Waals surface area contributed by atoms with Gasteiger partial charge in [0.15, 0.2) is 9.84 Å². The molecule has 0 fully saturated rings. The molecule has 3 rings (SSSR count). The highest BCUT2D eigenvalue weighted by Crippen LogP contribution is 2.32. The number of fused-ring (bicyclic) bond motifs is 3. The quantitative estimate of drug-likeness (QED) is 0.706. The third-order valence-corrected chi connectivity index (χ3v) is 4.11. The summed E-state index contributed by atoms with van der Waals surface area (Å²) in [5.41, 5.74) is 1.64. The molecule has 0 spiro atoms. The van der Waals surface area contributed by atoms with E-state index in [1.807, 2.05) is 24.3 Å². The SMILES string of the molecule is CS(=O)(=O)c1cc2c(cc1O)[nH]c1ccccc12. The van der Waals surface area contributed by atoms with E-state index in [4.69, 9.17) is 0 Å². The molecule has 0 bridgehead atoms. The normalized spacial score (nSPS) is 12.3. The van der Waals surface area contributed by atoms with Crippen LogP contribution < -0.4 is 0 Å². The van der Waals surface area contributed by atoms with Crippen LogP contribution in [0.25, 0.3) is 21.8 Å². The fourth-order valence-electron chi connectivity index (χ4n) is 2.16. The molecule has 0 saturated carbocycles. The Kier molecular flexibility index (Phi) is 2.15. The van der Waals surface area contributed by atoms with Crippen molar-refractivity contribution in [2.24, 2.45) is 0 Å². The van der Waals surface area contributed by atoms with Crippen molar-refractivity contribution in [3.05, 3.63) is 36.4 Å². The van der Waals surface area contributed by atoms with Crippen LogP contribution in [0.1, 0.15) is 0 Å². The second-order valence-electron chi connectivity index (χ2n) is 4.31. The monoisotopic (exact) mass is 261 g/mol. The van der Waals surface area contributed by atoms with Crippen LogP contribution in [-0.2, 0) is 9.84 Å². The second-order valence-corrected chi connectivity index (χ2v) is 6.29. The molecule has 18 heavy (non-hydrogen) atoms. The van der Waals surface area contributed by atoms with Crippen LogP contribution in [0.15, 0.2) is 41.3 Å². The molecule has 0 amide bonds. The van der Waals surface area contributed by atoms with E-state index in [0.29, 0.717) is 0 Å². The average Bonchev–Trinajstić information content (AvgIpc) is 2.63. The lowest BCUT2D eigenvalue weighted by atomic mass is 10.1. The molecule has 5 heteroatoms. The minimum absolute atomic E-state index is 0.0419. The third-order valence-electron chi connectivity index (χ3n) is 2.99. The van der Waals surface area contributed by atoms with Crippen molar-refractivity contribution in [1.29, 1.82) is 0 Å². The summed E-state index contributed by atoms with van der Waals surface area (Å²) in [6.45, 7) is 0. The predicted molar refractivity (Wildman–Crippen MR) is 70.6 cm³/mol. The maximum absolute atomic E-state index is 11.6. The van der Waals surface area contributed by atoms with E-state index < -0.39 is 9.84 Å². The number of phenols is 1. The van der Waals surface area contributed by atoms with Gasteiger partial charge in [-0.1, -0.05) is 18.2 Å². The fraction of sp³-hybridized carbons (Fsp3) is 0.0769. The van der Waals surface area contributed by atoms with Gasteiger partial charge in [-0.3, -0.25) is 0 Å². The number of hydrogen-bond acceptors (Lipinski definition) is 3. The molecule has 0 radical (unpaired) electrons. The van der Waals surface area contributed by atoms with Gasteiger partial charge in [-0.05, 0) is 12.1 Å². The molecule has 0 aliphatic carbocycles. The molecule has 2 N–H and O–H groups in total. The Labute approximate surface area is 104 Å². The number of aromatic amines is 1. The maximum Gasteiger partial charge on any atom is 0.179 e. The van der Waals surface area contributed by atoms with Gasteiger partial charge < -0.3 is 10.1 Å². The van der Waals surface area contributed by atoms with Crippen molar-refractivity contribution >= 4 is 31.6 Å². The highest BCUT2D eigenvalue weighted by atomic mass is 32.2. The van der Waals surface area contributed by atoms with E-state index in [9.17, 15) is 13.5 Å². The van der Waals surface area contributed by atoms with Crippen LogP contribution >= 0.6 is 0 Å². The number of H-pyrrole nitrogens is 1. The van der Waals surface area contributed by atoms with Crippen LogP contribution in [0.2, 0.25) is 0 Å². The lowest BCUT2D eigenvalue weighted by Crippen LogP contribution is -1.97. The van der Waals surface area contributed by atoms with Crippen molar-refractivity contribution in [3.8, 4) is 5.75 Å². The van der Waals surface area contributed by atoms with Gasteiger partial charge in [0.1, 0.15) is 10.6 Å². The Bertz CT molecular complexity index is 862. The number of hydrogen-bond donors (Lipinski definition) is 2. The Morgan fingerprint density at radius 1 is 1.06 bits per heavy atom. The standard InChI is InChI=1S/C13H11NO3S/c1-18(16,17)13-6-9-8-4-2-3-5-10(8)14-11(9)7-12(13)15/h2-7,14-15H,1H3. The molecule has 1 aromatic heterocycles. The van der Waals surface area contributed by atoms with E-state index >= 15 is 0 Å². The second kappa shape index (κ2) is 3.49. The van der Waals surface area contributed by atoms with Crippen molar-refractivity contribution in [2.45, 2.75) is 4.90 Å². The van der Waals surface area contributed by atoms with Gasteiger partial charge in [0.05, 0.1) is 5.52 Å². The van der Waals surface area contributed by atoms with Crippen molar-refractivity contribution in [2.75, 3.05) is 6.26 Å². The Morgan fingerprint density at radius 3 is 2.50 bits per heavy atom. The summed E-state index contributed by atoms with van der Waals surface area (Å²) in [6, 6.07) is 10.6. The van der Waals surface area contributed by atoms with Crippen LogP contribution in [0.4, 0.5) is 0 Å². The smallest absolute Gasteiger partial charge is 0.179 e. The molecular weight excluding hydrogens is 250 g/mol. The summed E-state index contributed by atoms with van der Waals surface area (Å²) in [7, 11) is -3.44. The van der Waals surface area contributed by atoms with E-state index in [-0.39, 0.29) is 10.6 Å². The highest BCUT2D eigenvalue weighted by molar-refractivity contribution is 7.90. The number of sulfone groups is 1. The zero-order chi connectivity index (χ0) is 12.9. The van der Waals surface area contributed by atoms with E-state index in [0.717, 1.165) is 28.1 Å². The minimum atomic E-state index is -3.44. The van der Waals surface area contributed by atoms with Gasteiger partial charge in [0.25, 0.3) is 0 Å². The van der Waals surface area contributed by atoms with Gasteiger partial charge in [0.2, 0.25) is 0 Å². The molecule has 1 heterocycles. The maximum atomic E-state index is 11.6. The van der Waals surface area contributed by atoms with Gasteiger partial charge in [-0.15, -0.1) is 0 Å². The van der Waals surface area contributed by atoms with E-state index in [1.54, 1.807) is 0 Å². The number of para-hydroxylation sites is 1. The summed E-state index contributed by atoms with van der Waals surface area (Å²) in [4.78, 5) is 3.10. The number of aromatic hydroxyl groups is 1.